The summed E-state index contributed by atoms with van der Waals surface area (Å²) < 4.78 is 26.5. The van der Waals surface area contributed by atoms with Gasteiger partial charge in [-0.1, -0.05) is 97.8 Å². The Bertz CT molecular complexity index is 1400. The number of carbonyl (C=O) groups is 5. The first-order valence-corrected chi connectivity index (χ1v) is 24.3. The zero-order valence-electron chi connectivity index (χ0n) is 37.4. The van der Waals surface area contributed by atoms with Crippen LogP contribution in [0.3, 0.4) is 0 Å². The molecule has 0 bridgehead atoms. The van der Waals surface area contributed by atoms with E-state index in [1.54, 1.807) is 13.8 Å². The van der Waals surface area contributed by atoms with E-state index in [1.165, 1.54) is 57.8 Å². The van der Waals surface area contributed by atoms with Crippen LogP contribution in [0.5, 0.6) is 0 Å². The van der Waals surface area contributed by atoms with Crippen LogP contribution in [0, 0.1) is 5.92 Å². The third kappa shape index (κ3) is 23.9. The zero-order chi connectivity index (χ0) is 46.3. The molecule has 4 amide bonds. The van der Waals surface area contributed by atoms with Crippen LogP contribution in [0.4, 0.5) is 0 Å². The minimum absolute atomic E-state index is 0.0221. The van der Waals surface area contributed by atoms with E-state index in [4.69, 9.17) is 21.1 Å². The van der Waals surface area contributed by atoms with Gasteiger partial charge in [0.15, 0.2) is 11.9 Å². The summed E-state index contributed by atoms with van der Waals surface area (Å²) in [5, 5.41) is 39.8. The number of aliphatic hydroxyl groups excluding tert-OH is 3. The summed E-state index contributed by atoms with van der Waals surface area (Å²) in [5.74, 6) is -5.69. The largest absolute Gasteiger partial charge is 0.527 e. The van der Waals surface area contributed by atoms with Crippen LogP contribution in [0.15, 0.2) is 11.5 Å². The Balaban J connectivity index is 2.71. The van der Waals surface area contributed by atoms with Gasteiger partial charge in [-0.2, -0.15) is 0 Å². The fourth-order valence-electron chi connectivity index (χ4n) is 6.77. The van der Waals surface area contributed by atoms with Crippen molar-refractivity contribution in [3.05, 3.63) is 11.5 Å². The van der Waals surface area contributed by atoms with Crippen molar-refractivity contribution in [1.82, 2.24) is 21.3 Å². The Morgan fingerprint density at radius 1 is 0.758 bits per heavy atom. The Morgan fingerprint density at radius 3 is 1.81 bits per heavy atom. The summed E-state index contributed by atoms with van der Waals surface area (Å²) in [5.41, 5.74) is 11.4. The highest BCUT2D eigenvalue weighted by atomic mass is 31.2. The van der Waals surface area contributed by atoms with Gasteiger partial charge in [0.2, 0.25) is 23.6 Å². The Kier molecular flexibility index (Phi) is 30.4. The molecule has 0 aromatic rings. The number of rotatable bonds is 38. The average molecular weight is 907 g/mol. The van der Waals surface area contributed by atoms with E-state index in [9.17, 15) is 43.6 Å². The van der Waals surface area contributed by atoms with Crippen molar-refractivity contribution in [3.63, 3.8) is 0 Å². The molecule has 0 fully saturated rings. The number of cyclic esters (lactones) is 1. The van der Waals surface area contributed by atoms with Gasteiger partial charge in [0.25, 0.3) is 5.76 Å². The smallest absolute Gasteiger partial charge is 0.505 e. The molecule has 360 valence electrons. The highest BCUT2D eigenvalue weighted by molar-refractivity contribution is 7.47. The molecule has 0 radical (unpaired) electrons. The first-order chi connectivity index (χ1) is 29.6. The maximum Gasteiger partial charge on any atom is 0.527 e. The van der Waals surface area contributed by atoms with Gasteiger partial charge >= 0.3 is 13.8 Å². The summed E-state index contributed by atoms with van der Waals surface area (Å²) >= 11 is 0. The first kappa shape index (κ1) is 56.7. The number of hydrogen-bond acceptors (Lipinski definition) is 14. The molecule has 0 saturated heterocycles. The van der Waals surface area contributed by atoms with Gasteiger partial charge in [0, 0.05) is 13.0 Å². The van der Waals surface area contributed by atoms with E-state index < -0.39 is 86.6 Å². The van der Waals surface area contributed by atoms with Gasteiger partial charge in [-0.25, -0.2) is 9.36 Å². The number of nitrogens with one attached hydrogen (secondary N) is 4. The predicted octanol–water partition coefficient (Wildman–Crippen LogP) is 3.52. The number of hydrogen-bond donors (Lipinski definition) is 10. The lowest BCUT2D eigenvalue weighted by atomic mass is 10.0. The summed E-state index contributed by atoms with van der Waals surface area (Å²) in [4.78, 5) is 75.5. The first-order valence-electron chi connectivity index (χ1n) is 22.8. The van der Waals surface area contributed by atoms with E-state index in [0.717, 1.165) is 25.7 Å². The molecule has 0 spiro atoms. The Morgan fingerprint density at radius 2 is 1.29 bits per heavy atom. The number of unbranched alkanes of at least 4 members (excludes halogenated alkanes) is 14. The van der Waals surface area contributed by atoms with E-state index in [2.05, 4.69) is 37.5 Å². The normalized spacial score (nSPS) is 16.9. The van der Waals surface area contributed by atoms with Crippen LogP contribution < -0.4 is 32.7 Å². The molecule has 0 aliphatic carbocycles. The molecule has 6 atom stereocenters. The van der Waals surface area contributed by atoms with Crippen molar-refractivity contribution >= 4 is 37.4 Å². The highest BCUT2D eigenvalue weighted by Crippen LogP contribution is 2.47. The lowest BCUT2D eigenvalue weighted by Gasteiger charge is -2.27. The Hall–Kier alpha value is -3.32. The van der Waals surface area contributed by atoms with Crippen LogP contribution in [0.25, 0.3) is 0 Å². The maximum absolute atomic E-state index is 13.7. The van der Waals surface area contributed by atoms with Gasteiger partial charge in [0.05, 0.1) is 13.2 Å². The molecule has 1 rings (SSSR count). The standard InChI is InChI=1S/C42H79N6O13P/c1-4-5-6-7-8-9-10-11-12-13-14-15-16-24-34(51)46-32(23-18-20-26-44)40(54)48-35(30(2)3)41(55)47-31(22-17-19-25-43)39(53)45-27-21-28-59-62(57,58)61-38-36(52)37(33(50)29-49)60-42(38)56/h30-33,35,37,49-50,52H,4-29,43-44H2,1-3H3,(H,45,53)(H,46,51)(H,47,55)(H,48,54)(H,57,58)/t31?,32-,33-,35-,37?/m0/s1. The molecular weight excluding hydrogens is 827 g/mol. The van der Waals surface area contributed by atoms with Crippen molar-refractivity contribution in [3.8, 4) is 0 Å². The number of amides is 4. The minimum atomic E-state index is -4.98. The second kappa shape index (κ2) is 33.2. The quantitative estimate of drug-likeness (QED) is 0.0241. The molecule has 1 aliphatic rings. The van der Waals surface area contributed by atoms with Gasteiger partial charge in [-0.3, -0.25) is 28.6 Å². The molecule has 1 heterocycles. The number of aliphatic hydroxyl groups is 3. The van der Waals surface area contributed by atoms with E-state index in [-0.39, 0.29) is 31.2 Å². The van der Waals surface area contributed by atoms with Crippen LogP contribution >= 0.6 is 7.82 Å². The third-order valence-electron chi connectivity index (χ3n) is 10.5. The molecule has 12 N–H and O–H groups in total. The number of phosphoric acid groups is 1. The van der Waals surface area contributed by atoms with Crippen LogP contribution in [-0.2, 0) is 42.3 Å². The number of nitrogens with two attached hydrogens (primary N) is 2. The van der Waals surface area contributed by atoms with Gasteiger partial charge < -0.3 is 57.3 Å². The van der Waals surface area contributed by atoms with Crippen LogP contribution in [0.2, 0.25) is 0 Å². The molecule has 0 saturated carbocycles. The number of phosphoric ester groups is 1. The summed E-state index contributed by atoms with van der Waals surface area (Å²) in [7, 11) is -4.98. The van der Waals surface area contributed by atoms with Crippen molar-refractivity contribution < 1.29 is 62.5 Å². The monoisotopic (exact) mass is 907 g/mol. The van der Waals surface area contributed by atoms with Gasteiger partial charge in [-0.15, -0.1) is 0 Å². The van der Waals surface area contributed by atoms with Crippen LogP contribution in [-0.4, -0.2) is 113 Å². The molecular formula is C42H79N6O13P. The summed E-state index contributed by atoms with van der Waals surface area (Å²) in [6.45, 7) is 5.11. The van der Waals surface area contributed by atoms with E-state index in [0.29, 0.717) is 51.6 Å². The van der Waals surface area contributed by atoms with Crippen molar-refractivity contribution in [2.75, 3.05) is 32.8 Å². The van der Waals surface area contributed by atoms with E-state index in [1.807, 2.05) is 0 Å². The molecule has 0 aromatic heterocycles. The topological polar surface area (TPSA) is 311 Å². The zero-order valence-corrected chi connectivity index (χ0v) is 38.3. The fourth-order valence-corrected chi connectivity index (χ4v) is 7.58. The molecule has 20 heteroatoms. The van der Waals surface area contributed by atoms with Crippen LogP contribution in [0.1, 0.15) is 156 Å². The van der Waals surface area contributed by atoms with Crippen molar-refractivity contribution in [2.45, 2.75) is 186 Å². The van der Waals surface area contributed by atoms with Crippen molar-refractivity contribution in [2.24, 2.45) is 17.4 Å². The molecule has 19 nitrogen and oxygen atoms in total. The molecule has 3 unspecified atom stereocenters. The lowest BCUT2D eigenvalue weighted by molar-refractivity contribution is -0.147. The fraction of sp³-hybridized carbons (Fsp3) is 0.833. The SMILES string of the molecule is CCCCCCCCCCCCCCCC(=O)N[C@@H](CCCCN)C(=O)N[C@H](C(=O)NC(CCCCN)C(=O)NCCCOP(=O)(O)OC1=C(O)C([C@@H](O)CO)OC1=O)C(C)C. The second-order valence-electron chi connectivity index (χ2n) is 16.3. The highest BCUT2D eigenvalue weighted by Gasteiger charge is 2.43. The third-order valence-corrected chi connectivity index (χ3v) is 11.4. The minimum Gasteiger partial charge on any atom is -0.505 e. The summed E-state index contributed by atoms with van der Waals surface area (Å²) in [6.07, 6.45) is 15.2. The predicted molar refractivity (Wildman–Crippen MR) is 234 cm³/mol. The molecule has 0 aromatic carbocycles. The number of ether oxygens (including phenoxy) is 1. The Labute approximate surface area is 368 Å². The van der Waals surface area contributed by atoms with Gasteiger partial charge in [0.1, 0.15) is 24.2 Å². The van der Waals surface area contributed by atoms with Gasteiger partial charge in [-0.05, 0) is 70.4 Å². The maximum atomic E-state index is 13.7. The number of esters is 1. The average Bonchev–Trinajstić information content (AvgIpc) is 3.50. The lowest BCUT2D eigenvalue weighted by Crippen LogP contribution is -2.58. The number of carbonyl (C=O) groups excluding carboxylic acids is 5. The van der Waals surface area contributed by atoms with Crippen molar-refractivity contribution in [1.29, 1.82) is 0 Å². The molecule has 1 aliphatic heterocycles. The molecule has 62 heavy (non-hydrogen) atoms. The summed E-state index contributed by atoms with van der Waals surface area (Å²) in [6, 6.07) is -2.93. The second-order valence-corrected chi connectivity index (χ2v) is 17.7. The van der Waals surface area contributed by atoms with E-state index >= 15 is 0 Å².